The second kappa shape index (κ2) is 6.46. The zero-order valence-electron chi connectivity index (χ0n) is 16.1. The number of phenols is 1. The molecule has 1 saturated heterocycles. The molecule has 2 saturated carbocycles. The number of H-pyrrole nitrogens is 1. The number of carbonyl (C=O) groups is 3. The van der Waals surface area contributed by atoms with Gasteiger partial charge in [0.15, 0.2) is 0 Å². The van der Waals surface area contributed by atoms with E-state index in [4.69, 9.17) is 5.11 Å². The molecule has 10 heteroatoms. The van der Waals surface area contributed by atoms with E-state index in [9.17, 15) is 24.3 Å². The van der Waals surface area contributed by atoms with E-state index in [0.717, 1.165) is 26.8 Å². The first-order valence-electron chi connectivity index (χ1n) is 10.1. The summed E-state index contributed by atoms with van der Waals surface area (Å²) >= 11 is 2.76. The number of hydrogen-bond donors (Lipinski definition) is 3. The van der Waals surface area contributed by atoms with Crippen LogP contribution in [0, 0.1) is 29.6 Å². The van der Waals surface area contributed by atoms with Crippen LogP contribution in [0.25, 0.3) is 0 Å². The summed E-state index contributed by atoms with van der Waals surface area (Å²) in [6.07, 6.45) is 0.754. The normalized spacial score (nSPS) is 35.2. The van der Waals surface area contributed by atoms with Gasteiger partial charge in [-0.3, -0.25) is 24.1 Å². The van der Waals surface area contributed by atoms with Crippen molar-refractivity contribution in [3.63, 3.8) is 0 Å². The van der Waals surface area contributed by atoms with E-state index in [2.05, 4.69) is 4.98 Å². The number of amides is 2. The van der Waals surface area contributed by atoms with Crippen LogP contribution in [0.15, 0.2) is 34.1 Å². The van der Waals surface area contributed by atoms with Crippen molar-refractivity contribution in [3.8, 4) is 5.75 Å². The molecule has 2 bridgehead atoms. The lowest BCUT2D eigenvalue weighted by molar-refractivity contribution is -0.149. The van der Waals surface area contributed by atoms with Gasteiger partial charge >= 0.3 is 10.8 Å². The third-order valence-corrected chi connectivity index (χ3v) is 9.95. The smallest absolute Gasteiger partial charge is 0.323 e. The summed E-state index contributed by atoms with van der Waals surface area (Å²) in [4.78, 5) is 54.1. The molecule has 0 unspecified atom stereocenters. The van der Waals surface area contributed by atoms with Gasteiger partial charge in [0, 0.05) is 16.0 Å². The minimum Gasteiger partial charge on any atom is -0.508 e. The standard InChI is InChI=1S/C21H18N2O6S2/c24-8-3-1-7(2-4-8)12-13-9-5-10(16(13)30-18-17(12)31-21(29)22-18)15-14(9)19(27)23(20(15)28)6-11(25)26/h1-4,9-10,12-16,24H,5-6H2,(H,22,29)(H,25,26)/t9-,10-,12-,13-,14-,15+,16-/m1/s1. The summed E-state index contributed by atoms with van der Waals surface area (Å²) in [6.45, 7) is -0.589. The molecule has 2 aliphatic carbocycles. The SMILES string of the molecule is O=C(O)CN1C(=O)[C@@H]2[C@@H]3C[C@@H]([C@H]4Sc5[nH]c(=O)sc5[C@H](c5ccc(O)cc5)[C@@H]34)[C@@H]2C1=O. The Morgan fingerprint density at radius 3 is 2.45 bits per heavy atom. The maximum Gasteiger partial charge on any atom is 0.323 e. The van der Waals surface area contributed by atoms with Crippen molar-refractivity contribution < 1.29 is 24.6 Å². The number of nitrogens with zero attached hydrogens (tertiary/aromatic N) is 1. The second-order valence-electron chi connectivity index (χ2n) is 8.71. The van der Waals surface area contributed by atoms with E-state index in [-0.39, 0.29) is 51.4 Å². The number of fused-ring (bicyclic) bond motifs is 9. The lowest BCUT2D eigenvalue weighted by Gasteiger charge is -2.43. The Bertz CT molecular complexity index is 1190. The number of hydrogen-bond acceptors (Lipinski definition) is 7. The van der Waals surface area contributed by atoms with Crippen LogP contribution in [0.3, 0.4) is 0 Å². The Hall–Kier alpha value is -2.59. The summed E-state index contributed by atoms with van der Waals surface area (Å²) in [7, 11) is 0. The number of likely N-dealkylation sites (tertiary alicyclic amines) is 1. The Morgan fingerprint density at radius 1 is 1.10 bits per heavy atom. The largest absolute Gasteiger partial charge is 0.508 e. The molecule has 3 heterocycles. The Kier molecular flexibility index (Phi) is 3.98. The first-order valence-corrected chi connectivity index (χ1v) is 11.8. The third kappa shape index (κ3) is 2.54. The maximum absolute atomic E-state index is 13.1. The number of aromatic hydroxyl groups is 1. The number of carboxylic acid groups (broad SMARTS) is 1. The van der Waals surface area contributed by atoms with Gasteiger partial charge in [-0.05, 0) is 41.9 Å². The Balaban J connectivity index is 1.45. The van der Waals surface area contributed by atoms with Gasteiger partial charge in [-0.15, -0.1) is 11.8 Å². The van der Waals surface area contributed by atoms with Crippen molar-refractivity contribution in [2.24, 2.45) is 29.6 Å². The molecule has 2 aromatic rings. The average Bonchev–Trinajstić information content (AvgIpc) is 3.44. The molecule has 6 rings (SSSR count). The van der Waals surface area contributed by atoms with Crippen molar-refractivity contribution >= 4 is 40.9 Å². The van der Waals surface area contributed by atoms with Crippen LogP contribution in [-0.2, 0) is 14.4 Å². The van der Waals surface area contributed by atoms with Gasteiger partial charge in [0.25, 0.3) is 0 Å². The summed E-state index contributed by atoms with van der Waals surface area (Å²) < 4.78 is 0. The molecular weight excluding hydrogens is 440 g/mol. The van der Waals surface area contributed by atoms with Gasteiger partial charge in [0.2, 0.25) is 11.8 Å². The van der Waals surface area contributed by atoms with Gasteiger partial charge in [-0.2, -0.15) is 0 Å². The van der Waals surface area contributed by atoms with Gasteiger partial charge in [0.05, 0.1) is 16.9 Å². The Morgan fingerprint density at radius 2 is 1.77 bits per heavy atom. The lowest BCUT2D eigenvalue weighted by Crippen LogP contribution is -2.42. The first kappa shape index (κ1) is 19.1. The number of aliphatic carboxylic acids is 1. The molecular formula is C21H18N2O6S2. The van der Waals surface area contributed by atoms with E-state index in [1.165, 1.54) is 11.3 Å². The molecule has 2 aliphatic heterocycles. The molecule has 0 radical (unpaired) electrons. The number of aromatic amines is 1. The van der Waals surface area contributed by atoms with Crippen molar-refractivity contribution in [1.29, 1.82) is 0 Å². The Labute approximate surface area is 184 Å². The quantitative estimate of drug-likeness (QED) is 0.597. The molecule has 8 nitrogen and oxygen atoms in total. The van der Waals surface area contributed by atoms with Gasteiger partial charge < -0.3 is 15.2 Å². The topological polar surface area (TPSA) is 128 Å². The highest BCUT2D eigenvalue weighted by molar-refractivity contribution is 8.00. The lowest BCUT2D eigenvalue weighted by atomic mass is 9.68. The zero-order valence-corrected chi connectivity index (χ0v) is 17.7. The van der Waals surface area contributed by atoms with Crippen molar-refractivity contribution in [3.05, 3.63) is 44.4 Å². The van der Waals surface area contributed by atoms with Crippen LogP contribution in [0.2, 0.25) is 0 Å². The molecule has 3 N–H and O–H groups in total. The molecule has 2 amide bonds. The molecule has 1 aromatic carbocycles. The number of nitrogens with one attached hydrogen (secondary N) is 1. The highest BCUT2D eigenvalue weighted by Gasteiger charge is 2.69. The van der Waals surface area contributed by atoms with Gasteiger partial charge in [-0.25, -0.2) is 0 Å². The van der Waals surface area contributed by atoms with Gasteiger partial charge in [0.1, 0.15) is 12.3 Å². The molecule has 3 fully saturated rings. The molecule has 0 spiro atoms. The average molecular weight is 459 g/mol. The van der Waals surface area contributed by atoms with Crippen molar-refractivity contribution in [2.75, 3.05) is 6.54 Å². The zero-order chi connectivity index (χ0) is 21.6. The first-order chi connectivity index (χ1) is 14.8. The number of rotatable bonds is 3. The van der Waals surface area contributed by atoms with Crippen LogP contribution in [0.4, 0.5) is 0 Å². The summed E-state index contributed by atoms with van der Waals surface area (Å²) in [6, 6.07) is 6.94. The maximum atomic E-state index is 13.1. The minimum absolute atomic E-state index is 0.0311. The van der Waals surface area contributed by atoms with Crippen LogP contribution < -0.4 is 4.87 Å². The molecule has 31 heavy (non-hydrogen) atoms. The highest BCUT2D eigenvalue weighted by atomic mass is 32.2. The van der Waals surface area contributed by atoms with E-state index < -0.39 is 24.3 Å². The van der Waals surface area contributed by atoms with E-state index in [1.54, 1.807) is 23.9 Å². The third-order valence-electron chi connectivity index (χ3n) is 7.36. The minimum atomic E-state index is -1.19. The fourth-order valence-electron chi connectivity index (χ4n) is 6.42. The molecule has 1 aromatic heterocycles. The predicted molar refractivity (Wildman–Crippen MR) is 111 cm³/mol. The second-order valence-corrected chi connectivity index (χ2v) is 10.9. The number of aromatic nitrogens is 1. The number of carbonyl (C=O) groups excluding carboxylic acids is 2. The van der Waals surface area contributed by atoms with E-state index in [1.807, 2.05) is 12.1 Å². The summed E-state index contributed by atoms with van der Waals surface area (Å²) in [5, 5.41) is 19.8. The van der Waals surface area contributed by atoms with Crippen molar-refractivity contribution in [2.45, 2.75) is 22.6 Å². The molecule has 160 valence electrons. The predicted octanol–water partition coefficient (Wildman–Crippen LogP) is 1.70. The van der Waals surface area contributed by atoms with E-state index >= 15 is 0 Å². The number of benzene rings is 1. The number of carboxylic acids is 1. The van der Waals surface area contributed by atoms with E-state index in [0.29, 0.717) is 0 Å². The molecule has 7 atom stereocenters. The summed E-state index contributed by atoms with van der Waals surface area (Å²) in [5.74, 6) is -2.87. The fourth-order valence-corrected chi connectivity index (χ4v) is 9.31. The van der Waals surface area contributed by atoms with Crippen LogP contribution in [-0.4, -0.2) is 49.7 Å². The van der Waals surface area contributed by atoms with Gasteiger partial charge in [-0.1, -0.05) is 23.5 Å². The van der Waals surface area contributed by atoms with Crippen LogP contribution in [0.5, 0.6) is 5.75 Å². The van der Waals surface area contributed by atoms with Crippen LogP contribution >= 0.6 is 23.1 Å². The highest BCUT2D eigenvalue weighted by Crippen LogP contribution is 2.68. The number of thiazole rings is 1. The summed E-state index contributed by atoms with van der Waals surface area (Å²) in [5.41, 5.74) is 0.966. The fraction of sp³-hybridized carbons (Fsp3) is 0.429. The number of imide groups is 1. The van der Waals surface area contributed by atoms with Crippen LogP contribution in [0.1, 0.15) is 22.8 Å². The monoisotopic (exact) mass is 458 g/mol. The number of phenolic OH excluding ortho intramolecular Hbond substituents is 1. The number of thioether (sulfide) groups is 1. The van der Waals surface area contributed by atoms with Crippen molar-refractivity contribution in [1.82, 2.24) is 9.88 Å². The molecule has 4 aliphatic rings.